The van der Waals surface area contributed by atoms with Crippen LogP contribution in [0.2, 0.25) is 0 Å². The van der Waals surface area contributed by atoms with E-state index in [9.17, 15) is 9.59 Å². The lowest BCUT2D eigenvalue weighted by Gasteiger charge is -2.32. The second-order valence-corrected chi connectivity index (χ2v) is 10.2. The van der Waals surface area contributed by atoms with Gasteiger partial charge in [0.2, 0.25) is 5.79 Å². The number of carbonyl (C=O) groups is 2. The molecule has 0 saturated carbocycles. The second kappa shape index (κ2) is 13.6. The number of nitrogens with one attached hydrogen (secondary N) is 1. The predicted molar refractivity (Wildman–Crippen MR) is 144 cm³/mol. The van der Waals surface area contributed by atoms with Crippen LogP contribution in [-0.2, 0) is 32.2 Å². The number of nitrogens with zero attached hydrogens (tertiary/aromatic N) is 1. The molecule has 2 aromatic rings. The molecule has 1 atom stereocenters. The van der Waals surface area contributed by atoms with Crippen molar-refractivity contribution >= 4 is 17.9 Å². The van der Waals surface area contributed by atoms with Crippen LogP contribution in [-0.4, -0.2) is 60.9 Å². The maximum absolute atomic E-state index is 12.4. The number of anilines is 1. The van der Waals surface area contributed by atoms with Gasteiger partial charge >= 0.3 is 12.2 Å². The first-order valence-corrected chi connectivity index (χ1v) is 13.4. The lowest BCUT2D eigenvalue weighted by molar-refractivity contribution is -0.180. The van der Waals surface area contributed by atoms with E-state index < -0.39 is 11.9 Å². The molecular weight excluding hydrogens is 504 g/mol. The SMILES string of the molecule is CC1(C)OCc2cc(C3CN(CCCCCCOCCOCc4cccc(NC(=O)O)c4)C(=O)O3)ccc2O1. The molecule has 2 aliphatic heterocycles. The van der Waals surface area contributed by atoms with Crippen LogP contribution in [0, 0.1) is 0 Å². The van der Waals surface area contributed by atoms with Gasteiger partial charge in [-0.2, -0.15) is 0 Å². The number of amides is 2. The van der Waals surface area contributed by atoms with Crippen LogP contribution in [0.25, 0.3) is 0 Å². The fourth-order valence-corrected chi connectivity index (χ4v) is 4.55. The molecule has 1 fully saturated rings. The third-order valence-electron chi connectivity index (χ3n) is 6.56. The molecular formula is C29H38N2O8. The monoisotopic (exact) mass is 542 g/mol. The number of unbranched alkanes of at least 4 members (excludes halogenated alkanes) is 3. The summed E-state index contributed by atoms with van der Waals surface area (Å²) in [7, 11) is 0. The molecule has 4 rings (SSSR count). The fraction of sp³-hybridized carbons (Fsp3) is 0.517. The minimum atomic E-state index is -1.09. The first-order chi connectivity index (χ1) is 18.8. The number of carboxylic acid groups (broad SMARTS) is 1. The van der Waals surface area contributed by atoms with E-state index in [1.54, 1.807) is 23.1 Å². The molecule has 10 nitrogen and oxygen atoms in total. The van der Waals surface area contributed by atoms with Gasteiger partial charge in [0.05, 0.1) is 33.0 Å². The fourth-order valence-electron chi connectivity index (χ4n) is 4.55. The van der Waals surface area contributed by atoms with Crippen molar-refractivity contribution in [2.45, 2.75) is 64.6 Å². The molecule has 10 heteroatoms. The van der Waals surface area contributed by atoms with Gasteiger partial charge < -0.3 is 33.7 Å². The maximum Gasteiger partial charge on any atom is 0.410 e. The largest absolute Gasteiger partial charge is 0.465 e. The molecule has 2 heterocycles. The molecule has 39 heavy (non-hydrogen) atoms. The van der Waals surface area contributed by atoms with Crippen LogP contribution in [0.15, 0.2) is 42.5 Å². The van der Waals surface area contributed by atoms with Gasteiger partial charge in [0.1, 0.15) is 11.9 Å². The lowest BCUT2D eigenvalue weighted by Crippen LogP contribution is -2.35. The normalized spacial score (nSPS) is 17.8. The van der Waals surface area contributed by atoms with Crippen molar-refractivity contribution in [2.24, 2.45) is 0 Å². The molecule has 1 unspecified atom stereocenters. The highest BCUT2D eigenvalue weighted by Crippen LogP contribution is 2.35. The highest BCUT2D eigenvalue weighted by Gasteiger charge is 2.33. The van der Waals surface area contributed by atoms with Crippen molar-refractivity contribution in [1.82, 2.24) is 4.90 Å². The Labute approximate surface area is 229 Å². The van der Waals surface area contributed by atoms with Gasteiger partial charge in [-0.1, -0.05) is 31.0 Å². The minimum absolute atomic E-state index is 0.264. The van der Waals surface area contributed by atoms with E-state index in [4.69, 9.17) is 28.8 Å². The number of rotatable bonds is 14. The van der Waals surface area contributed by atoms with Crippen molar-refractivity contribution < 1.29 is 38.4 Å². The van der Waals surface area contributed by atoms with E-state index in [2.05, 4.69) is 5.32 Å². The molecule has 2 aliphatic rings. The maximum atomic E-state index is 12.4. The molecule has 0 bridgehead atoms. The summed E-state index contributed by atoms with van der Waals surface area (Å²) in [5.74, 6) is 0.176. The smallest absolute Gasteiger partial charge is 0.410 e. The highest BCUT2D eigenvalue weighted by molar-refractivity contribution is 5.82. The molecule has 1 saturated heterocycles. The Morgan fingerprint density at radius 2 is 1.90 bits per heavy atom. The second-order valence-electron chi connectivity index (χ2n) is 10.2. The Balaban J connectivity index is 1.03. The van der Waals surface area contributed by atoms with Crippen LogP contribution < -0.4 is 10.1 Å². The van der Waals surface area contributed by atoms with E-state index in [1.807, 2.05) is 38.1 Å². The summed E-state index contributed by atoms with van der Waals surface area (Å²) >= 11 is 0. The number of fused-ring (bicyclic) bond motifs is 1. The van der Waals surface area contributed by atoms with Gasteiger partial charge in [0.25, 0.3) is 0 Å². The topological polar surface area (TPSA) is 116 Å². The molecule has 2 N–H and O–H groups in total. The summed E-state index contributed by atoms with van der Waals surface area (Å²) in [6, 6.07) is 13.0. The van der Waals surface area contributed by atoms with Crippen molar-refractivity contribution in [3.8, 4) is 5.75 Å². The van der Waals surface area contributed by atoms with E-state index in [0.717, 1.165) is 48.1 Å². The van der Waals surface area contributed by atoms with Gasteiger partial charge in [-0.15, -0.1) is 0 Å². The van der Waals surface area contributed by atoms with Crippen LogP contribution in [0.1, 0.15) is 62.3 Å². The van der Waals surface area contributed by atoms with E-state index in [1.165, 1.54) is 0 Å². The van der Waals surface area contributed by atoms with Crippen molar-refractivity contribution in [2.75, 3.05) is 38.2 Å². The quantitative estimate of drug-likeness (QED) is 0.292. The van der Waals surface area contributed by atoms with Crippen LogP contribution in [0.4, 0.5) is 15.3 Å². The Bertz CT molecular complexity index is 1120. The van der Waals surface area contributed by atoms with E-state index in [0.29, 0.717) is 51.8 Å². The molecule has 2 amide bonds. The standard InChI is InChI=1S/C29H38N2O8/c1-29(2)37-20-23-17-22(10-11-25(23)39-29)26-18-31(28(34)38-26)12-5-3-4-6-13-35-14-15-36-19-21-8-7-9-24(16-21)30-27(32)33/h7-11,16-17,26,30H,3-6,12-15,18-20H2,1-2H3,(H,32,33). The summed E-state index contributed by atoms with van der Waals surface area (Å²) in [6.07, 6.45) is 2.27. The average Bonchev–Trinajstić information content (AvgIpc) is 3.26. The summed E-state index contributed by atoms with van der Waals surface area (Å²) in [5, 5.41) is 11.1. The van der Waals surface area contributed by atoms with Gasteiger partial charge in [-0.25, -0.2) is 9.59 Å². The lowest BCUT2D eigenvalue weighted by atomic mass is 10.0. The Hall–Kier alpha value is -3.34. The molecule has 0 aromatic heterocycles. The van der Waals surface area contributed by atoms with Gasteiger partial charge in [0, 0.05) is 38.2 Å². The summed E-state index contributed by atoms with van der Waals surface area (Å²) in [4.78, 5) is 24.9. The van der Waals surface area contributed by atoms with Gasteiger partial charge in [-0.05, 0) is 48.2 Å². The number of benzene rings is 2. The summed E-state index contributed by atoms with van der Waals surface area (Å²) < 4.78 is 28.5. The number of hydrogen-bond donors (Lipinski definition) is 2. The Kier molecular flexibility index (Phi) is 10.0. The highest BCUT2D eigenvalue weighted by atomic mass is 16.7. The van der Waals surface area contributed by atoms with Crippen molar-refractivity contribution in [3.05, 3.63) is 59.2 Å². The van der Waals surface area contributed by atoms with Crippen LogP contribution >= 0.6 is 0 Å². The Morgan fingerprint density at radius 1 is 1.08 bits per heavy atom. The third-order valence-corrected chi connectivity index (χ3v) is 6.56. The molecule has 0 spiro atoms. The number of hydrogen-bond acceptors (Lipinski definition) is 7. The first kappa shape index (κ1) is 28.7. The van der Waals surface area contributed by atoms with E-state index >= 15 is 0 Å². The number of ether oxygens (including phenoxy) is 5. The minimum Gasteiger partial charge on any atom is -0.465 e. The predicted octanol–water partition coefficient (Wildman–Crippen LogP) is 5.71. The van der Waals surface area contributed by atoms with Crippen LogP contribution in [0.5, 0.6) is 5.75 Å². The third kappa shape index (κ3) is 8.84. The zero-order valence-electron chi connectivity index (χ0n) is 22.6. The molecule has 2 aromatic carbocycles. The average molecular weight is 543 g/mol. The van der Waals surface area contributed by atoms with Crippen molar-refractivity contribution in [1.29, 1.82) is 0 Å². The number of cyclic esters (lactones) is 1. The molecule has 212 valence electrons. The van der Waals surface area contributed by atoms with Gasteiger partial charge in [0.15, 0.2) is 0 Å². The Morgan fingerprint density at radius 3 is 2.74 bits per heavy atom. The molecule has 0 radical (unpaired) electrons. The summed E-state index contributed by atoms with van der Waals surface area (Å²) in [5.41, 5.74) is 3.34. The summed E-state index contributed by atoms with van der Waals surface area (Å²) in [6.45, 7) is 7.51. The zero-order chi connectivity index (χ0) is 27.7. The molecule has 0 aliphatic carbocycles. The van der Waals surface area contributed by atoms with E-state index in [-0.39, 0.29) is 12.2 Å². The van der Waals surface area contributed by atoms with Crippen LogP contribution in [0.3, 0.4) is 0 Å². The number of carbonyl (C=O) groups excluding carboxylic acids is 1. The van der Waals surface area contributed by atoms with Crippen molar-refractivity contribution in [3.63, 3.8) is 0 Å². The first-order valence-electron chi connectivity index (χ1n) is 13.4. The van der Waals surface area contributed by atoms with Gasteiger partial charge in [-0.3, -0.25) is 5.32 Å². The zero-order valence-corrected chi connectivity index (χ0v) is 22.6.